The summed E-state index contributed by atoms with van der Waals surface area (Å²) in [7, 11) is 3.66. The monoisotopic (exact) mass is 425 g/mol. The maximum absolute atomic E-state index is 6.59. The standard InChI is InChI=1S/C24H35N5O2/c1-29-22(27-28-25)26-24(31-29)21-15-18(14-17-6-4-3-5-7-17)8-9-19(21)16-23(24)12-10-20(30-2)11-13-23/h8-9,15,17,20H,3-7,10-14,16H2,1-2H3,(H2,25,26,27)/t20-,23-,24?. The molecule has 2 spiro atoms. The molecule has 0 saturated heterocycles. The number of benzene rings is 1. The molecule has 0 bridgehead atoms. The summed E-state index contributed by atoms with van der Waals surface area (Å²) in [4.78, 5) is 11.7. The highest BCUT2D eigenvalue weighted by molar-refractivity contribution is 5.81. The van der Waals surface area contributed by atoms with Crippen LogP contribution in [0.1, 0.15) is 74.5 Å². The highest BCUT2D eigenvalue weighted by atomic mass is 16.7. The molecule has 3 aliphatic carbocycles. The quantitative estimate of drug-likeness (QED) is 0.434. The second-order valence-corrected chi connectivity index (χ2v) is 9.95. The lowest BCUT2D eigenvalue weighted by atomic mass is 9.66. The van der Waals surface area contributed by atoms with E-state index in [2.05, 4.69) is 28.5 Å². The van der Waals surface area contributed by atoms with E-state index in [1.54, 1.807) is 5.06 Å². The van der Waals surface area contributed by atoms with Crippen molar-refractivity contribution < 1.29 is 9.57 Å². The normalized spacial score (nSPS) is 33.5. The third kappa shape index (κ3) is 3.46. The van der Waals surface area contributed by atoms with Gasteiger partial charge in [-0.05, 0) is 55.6 Å². The van der Waals surface area contributed by atoms with E-state index in [-0.39, 0.29) is 5.41 Å². The van der Waals surface area contributed by atoms with E-state index in [9.17, 15) is 0 Å². The minimum atomic E-state index is -0.748. The molecule has 2 N–H and O–H groups in total. The van der Waals surface area contributed by atoms with E-state index in [1.807, 2.05) is 14.2 Å². The maximum Gasteiger partial charge on any atom is 0.269 e. The van der Waals surface area contributed by atoms with Gasteiger partial charge >= 0.3 is 0 Å². The van der Waals surface area contributed by atoms with Crippen LogP contribution in [-0.4, -0.2) is 31.3 Å². The van der Waals surface area contributed by atoms with Crippen LogP contribution >= 0.6 is 0 Å². The first-order chi connectivity index (χ1) is 15.1. The Morgan fingerprint density at radius 2 is 1.97 bits per heavy atom. The predicted octanol–water partition coefficient (Wildman–Crippen LogP) is 4.65. The number of methoxy groups -OCH3 is 1. The Labute approximate surface area is 185 Å². The molecule has 7 nitrogen and oxygen atoms in total. The zero-order valence-corrected chi connectivity index (χ0v) is 18.8. The van der Waals surface area contributed by atoms with E-state index in [1.165, 1.54) is 48.8 Å². The van der Waals surface area contributed by atoms with Crippen LogP contribution in [0.2, 0.25) is 0 Å². The molecule has 0 amide bonds. The second-order valence-electron chi connectivity index (χ2n) is 9.95. The van der Waals surface area contributed by atoms with Gasteiger partial charge in [0.1, 0.15) is 0 Å². The number of nitrogens with two attached hydrogens (primary N) is 1. The third-order valence-corrected chi connectivity index (χ3v) is 8.21. The Bertz CT molecular complexity index is 871. The van der Waals surface area contributed by atoms with Crippen LogP contribution in [0.3, 0.4) is 0 Å². The molecule has 1 aliphatic heterocycles. The number of hydroxylamine groups is 2. The van der Waals surface area contributed by atoms with Crippen molar-refractivity contribution in [3.63, 3.8) is 0 Å². The smallest absolute Gasteiger partial charge is 0.269 e. The van der Waals surface area contributed by atoms with Crippen molar-refractivity contribution in [1.29, 1.82) is 0 Å². The largest absolute Gasteiger partial charge is 0.381 e. The van der Waals surface area contributed by atoms with Crippen molar-refractivity contribution in [3.05, 3.63) is 34.9 Å². The molecule has 31 heavy (non-hydrogen) atoms. The van der Waals surface area contributed by atoms with Gasteiger partial charge in [-0.1, -0.05) is 60.6 Å². The molecule has 0 radical (unpaired) electrons. The Kier molecular flexibility index (Phi) is 5.51. The first-order valence-electron chi connectivity index (χ1n) is 11.9. The summed E-state index contributed by atoms with van der Waals surface area (Å²) in [5, 5.41) is 9.18. The van der Waals surface area contributed by atoms with Crippen molar-refractivity contribution in [2.24, 2.45) is 32.5 Å². The highest BCUT2D eigenvalue weighted by Crippen LogP contribution is 2.62. The fraction of sp³-hybridized carbons (Fsp3) is 0.708. The topological polar surface area (TPSA) is 84.8 Å². The Balaban J connectivity index is 1.53. The van der Waals surface area contributed by atoms with Crippen LogP contribution < -0.4 is 5.84 Å². The second kappa shape index (κ2) is 8.17. The molecule has 5 rings (SSSR count). The molecule has 0 aromatic heterocycles. The van der Waals surface area contributed by atoms with E-state index in [0.717, 1.165) is 44.4 Å². The van der Waals surface area contributed by atoms with Crippen molar-refractivity contribution in [2.75, 3.05) is 14.2 Å². The molecule has 2 saturated carbocycles. The van der Waals surface area contributed by atoms with Gasteiger partial charge in [-0.25, -0.2) is 14.9 Å². The summed E-state index contributed by atoms with van der Waals surface area (Å²) in [6, 6.07) is 7.04. The van der Waals surface area contributed by atoms with Gasteiger partial charge < -0.3 is 10.6 Å². The van der Waals surface area contributed by atoms with Gasteiger partial charge in [-0.2, -0.15) is 0 Å². The van der Waals surface area contributed by atoms with E-state index in [0.29, 0.717) is 12.1 Å². The van der Waals surface area contributed by atoms with Crippen molar-refractivity contribution in [1.82, 2.24) is 5.06 Å². The van der Waals surface area contributed by atoms with Crippen LogP contribution in [0.25, 0.3) is 0 Å². The van der Waals surface area contributed by atoms with Crippen LogP contribution in [-0.2, 0) is 28.1 Å². The van der Waals surface area contributed by atoms with Gasteiger partial charge in [0, 0.05) is 25.1 Å². The first kappa shape index (κ1) is 20.9. The fourth-order valence-electron chi connectivity index (χ4n) is 6.54. The summed E-state index contributed by atoms with van der Waals surface area (Å²) >= 11 is 0. The number of ether oxygens (including phenoxy) is 1. The number of rotatable bonds is 3. The van der Waals surface area contributed by atoms with Crippen LogP contribution in [0.5, 0.6) is 0 Å². The molecule has 7 heteroatoms. The number of guanidine groups is 1. The van der Waals surface area contributed by atoms with Crippen molar-refractivity contribution >= 4 is 5.96 Å². The number of aliphatic imine (C=N–C) groups is 1. The van der Waals surface area contributed by atoms with Crippen LogP contribution in [0.15, 0.2) is 33.5 Å². The summed E-state index contributed by atoms with van der Waals surface area (Å²) in [5.74, 6) is 6.61. The molecule has 168 valence electrons. The Morgan fingerprint density at radius 3 is 2.68 bits per heavy atom. The average Bonchev–Trinajstić information content (AvgIpc) is 3.25. The predicted molar refractivity (Wildman–Crippen MR) is 119 cm³/mol. The first-order valence-corrected chi connectivity index (χ1v) is 11.9. The van der Waals surface area contributed by atoms with E-state index >= 15 is 0 Å². The van der Waals surface area contributed by atoms with Gasteiger partial charge in [0.05, 0.1) is 6.10 Å². The number of nitrogens with zero attached hydrogens (tertiary/aromatic N) is 4. The Hall–Kier alpha value is -1.99. The minimum Gasteiger partial charge on any atom is -0.381 e. The van der Waals surface area contributed by atoms with Gasteiger partial charge in [0.15, 0.2) is 0 Å². The van der Waals surface area contributed by atoms with Gasteiger partial charge in [0.2, 0.25) is 5.72 Å². The third-order valence-electron chi connectivity index (χ3n) is 8.21. The molecule has 1 aromatic carbocycles. The summed E-state index contributed by atoms with van der Waals surface area (Å²) in [5.41, 5.74) is 3.13. The lowest BCUT2D eigenvalue weighted by Gasteiger charge is -2.45. The zero-order chi connectivity index (χ0) is 21.5. The molecular formula is C24H35N5O2. The molecule has 2 fully saturated rings. The van der Waals surface area contributed by atoms with Crippen molar-refractivity contribution in [2.45, 2.75) is 82.5 Å². The van der Waals surface area contributed by atoms with Gasteiger partial charge in [-0.15, -0.1) is 0 Å². The zero-order valence-electron chi connectivity index (χ0n) is 18.8. The number of fused-ring (bicyclic) bond motifs is 3. The lowest BCUT2D eigenvalue weighted by Crippen LogP contribution is -2.46. The average molecular weight is 426 g/mol. The fourth-order valence-corrected chi connectivity index (χ4v) is 6.54. The molecule has 1 atom stereocenters. The maximum atomic E-state index is 6.59. The molecule has 4 aliphatic rings. The summed E-state index contributed by atoms with van der Waals surface area (Å²) in [6.07, 6.45) is 13.4. The van der Waals surface area contributed by atoms with E-state index in [4.69, 9.17) is 20.4 Å². The van der Waals surface area contributed by atoms with E-state index < -0.39 is 5.72 Å². The lowest BCUT2D eigenvalue weighted by molar-refractivity contribution is -0.232. The minimum absolute atomic E-state index is 0.0893. The molecule has 1 heterocycles. The molecule has 1 unspecified atom stereocenters. The van der Waals surface area contributed by atoms with Crippen LogP contribution in [0, 0.1) is 11.3 Å². The SMILES string of the molecule is CO[C@H]1CC[C@]2(CC1)Cc1ccc(CC3CCCCC3)cc1C21N=C(N=NN)N(C)O1. The van der Waals surface area contributed by atoms with Crippen LogP contribution in [0.4, 0.5) is 0 Å². The molecule has 1 aromatic rings. The van der Waals surface area contributed by atoms with Gasteiger partial charge in [0.25, 0.3) is 5.96 Å². The summed E-state index contributed by atoms with van der Waals surface area (Å²) < 4.78 is 5.67. The number of hydrogen-bond donors (Lipinski definition) is 1. The summed E-state index contributed by atoms with van der Waals surface area (Å²) in [6.45, 7) is 0. The number of hydrogen-bond acceptors (Lipinski definition) is 6. The molecular weight excluding hydrogens is 390 g/mol. The highest BCUT2D eigenvalue weighted by Gasteiger charge is 2.63. The Morgan fingerprint density at radius 1 is 1.19 bits per heavy atom. The van der Waals surface area contributed by atoms with Crippen molar-refractivity contribution in [3.8, 4) is 0 Å². The van der Waals surface area contributed by atoms with Gasteiger partial charge in [-0.3, -0.25) is 0 Å².